The van der Waals surface area contributed by atoms with Gasteiger partial charge in [0.1, 0.15) is 11.6 Å². The Labute approximate surface area is 183 Å². The van der Waals surface area contributed by atoms with Crippen LogP contribution in [0.1, 0.15) is 31.9 Å². The summed E-state index contributed by atoms with van der Waals surface area (Å²) in [4.78, 5) is 25.3. The van der Waals surface area contributed by atoms with E-state index in [2.05, 4.69) is 16.7 Å². The number of ether oxygens (including phenoxy) is 1. The highest BCUT2D eigenvalue weighted by molar-refractivity contribution is 5.87. The summed E-state index contributed by atoms with van der Waals surface area (Å²) in [6.07, 6.45) is 0.500. The van der Waals surface area contributed by atoms with Gasteiger partial charge in [0, 0.05) is 13.0 Å². The van der Waals surface area contributed by atoms with Crippen molar-refractivity contribution in [2.75, 3.05) is 6.54 Å². The van der Waals surface area contributed by atoms with E-state index in [0.717, 1.165) is 28.3 Å². The van der Waals surface area contributed by atoms with Gasteiger partial charge in [0.25, 0.3) is 0 Å². The summed E-state index contributed by atoms with van der Waals surface area (Å²) < 4.78 is 5.37. The molecule has 5 heteroatoms. The number of carbonyl (C=O) groups is 2. The third-order valence-corrected chi connectivity index (χ3v) is 4.82. The highest BCUT2D eigenvalue weighted by Crippen LogP contribution is 2.17. The minimum Gasteiger partial charge on any atom is -0.444 e. The van der Waals surface area contributed by atoms with Crippen molar-refractivity contribution in [2.24, 2.45) is 0 Å². The minimum atomic E-state index is -0.730. The maximum absolute atomic E-state index is 12.9. The molecule has 2 amide bonds. The first-order chi connectivity index (χ1) is 14.8. The fourth-order valence-corrected chi connectivity index (χ4v) is 3.36. The molecule has 0 spiro atoms. The van der Waals surface area contributed by atoms with Crippen LogP contribution in [0.5, 0.6) is 0 Å². The van der Waals surface area contributed by atoms with Crippen LogP contribution in [0.4, 0.5) is 4.79 Å². The molecule has 0 fully saturated rings. The lowest BCUT2D eigenvalue weighted by molar-refractivity contribution is -0.123. The van der Waals surface area contributed by atoms with Gasteiger partial charge in [0.15, 0.2) is 0 Å². The highest BCUT2D eigenvalue weighted by Gasteiger charge is 2.24. The van der Waals surface area contributed by atoms with Gasteiger partial charge in [-0.05, 0) is 49.1 Å². The molecule has 0 aromatic heterocycles. The first kappa shape index (κ1) is 22.3. The van der Waals surface area contributed by atoms with E-state index in [1.807, 2.05) is 66.7 Å². The lowest BCUT2D eigenvalue weighted by Gasteiger charge is -2.23. The largest absolute Gasteiger partial charge is 0.444 e. The van der Waals surface area contributed by atoms with Crippen LogP contribution in [0.15, 0.2) is 72.8 Å². The van der Waals surface area contributed by atoms with Crippen molar-refractivity contribution < 1.29 is 14.3 Å². The number of amides is 2. The van der Waals surface area contributed by atoms with Crippen molar-refractivity contribution in [1.82, 2.24) is 10.6 Å². The molecule has 0 aliphatic heterocycles. The van der Waals surface area contributed by atoms with Gasteiger partial charge < -0.3 is 15.4 Å². The molecule has 0 saturated heterocycles. The normalized spacial score (nSPS) is 12.2. The number of hydrogen-bond donors (Lipinski definition) is 2. The molecule has 0 aliphatic carbocycles. The molecule has 0 bridgehead atoms. The van der Waals surface area contributed by atoms with Gasteiger partial charge >= 0.3 is 6.09 Å². The standard InChI is InChI=1S/C26H30N2O3/c1-26(2,3)31-25(30)28-23(24(29)27-16-15-19-9-5-4-6-10-19)18-20-13-14-21-11-7-8-12-22(21)17-20/h4-14,17,23H,15-16,18H2,1-3H3,(H,27,29)(H,28,30). The molecule has 1 atom stereocenters. The molecule has 3 rings (SSSR count). The van der Waals surface area contributed by atoms with Crippen LogP contribution >= 0.6 is 0 Å². The van der Waals surface area contributed by atoms with Gasteiger partial charge in [-0.3, -0.25) is 4.79 Å². The number of benzene rings is 3. The molecular weight excluding hydrogens is 388 g/mol. The Morgan fingerprint density at radius 1 is 0.871 bits per heavy atom. The maximum Gasteiger partial charge on any atom is 0.408 e. The van der Waals surface area contributed by atoms with Gasteiger partial charge in [0.2, 0.25) is 5.91 Å². The van der Waals surface area contributed by atoms with E-state index < -0.39 is 17.7 Å². The first-order valence-corrected chi connectivity index (χ1v) is 10.6. The van der Waals surface area contributed by atoms with Crippen molar-refractivity contribution >= 4 is 22.8 Å². The molecule has 0 aliphatic rings. The Balaban J connectivity index is 1.69. The summed E-state index contributed by atoms with van der Waals surface area (Å²) in [5.41, 5.74) is 1.48. The van der Waals surface area contributed by atoms with Crippen LogP contribution in [-0.2, 0) is 22.4 Å². The lowest BCUT2D eigenvalue weighted by atomic mass is 10.0. The predicted molar refractivity (Wildman–Crippen MR) is 124 cm³/mol. The third-order valence-electron chi connectivity index (χ3n) is 4.82. The van der Waals surface area contributed by atoms with E-state index in [9.17, 15) is 9.59 Å². The van der Waals surface area contributed by atoms with Gasteiger partial charge in [-0.15, -0.1) is 0 Å². The van der Waals surface area contributed by atoms with E-state index in [0.29, 0.717) is 13.0 Å². The summed E-state index contributed by atoms with van der Waals surface area (Å²) in [7, 11) is 0. The molecule has 31 heavy (non-hydrogen) atoms. The summed E-state index contributed by atoms with van der Waals surface area (Å²) in [5.74, 6) is -0.227. The van der Waals surface area contributed by atoms with Crippen molar-refractivity contribution in [1.29, 1.82) is 0 Å². The van der Waals surface area contributed by atoms with Crippen molar-refractivity contribution in [3.8, 4) is 0 Å². The molecule has 3 aromatic carbocycles. The highest BCUT2D eigenvalue weighted by atomic mass is 16.6. The zero-order valence-corrected chi connectivity index (χ0v) is 18.4. The number of alkyl carbamates (subject to hydrolysis) is 1. The van der Waals surface area contributed by atoms with Crippen LogP contribution in [-0.4, -0.2) is 30.2 Å². The molecule has 0 heterocycles. The molecule has 0 saturated carbocycles. The minimum absolute atomic E-state index is 0.227. The molecular formula is C26H30N2O3. The fourth-order valence-electron chi connectivity index (χ4n) is 3.36. The number of fused-ring (bicyclic) bond motifs is 1. The van der Waals surface area contributed by atoms with Gasteiger partial charge in [-0.1, -0.05) is 72.8 Å². The van der Waals surface area contributed by atoms with E-state index in [1.165, 1.54) is 0 Å². The molecule has 2 N–H and O–H groups in total. The Morgan fingerprint density at radius 2 is 1.55 bits per heavy atom. The van der Waals surface area contributed by atoms with Gasteiger partial charge in [-0.25, -0.2) is 4.79 Å². The molecule has 3 aromatic rings. The smallest absolute Gasteiger partial charge is 0.408 e. The van der Waals surface area contributed by atoms with Gasteiger partial charge in [0.05, 0.1) is 0 Å². The zero-order valence-electron chi connectivity index (χ0n) is 18.4. The quantitative estimate of drug-likeness (QED) is 0.588. The van der Waals surface area contributed by atoms with Crippen LogP contribution in [0.2, 0.25) is 0 Å². The third kappa shape index (κ3) is 7.14. The summed E-state index contributed by atoms with van der Waals surface area (Å²) in [6.45, 7) is 5.88. The van der Waals surface area contributed by atoms with Crippen molar-refractivity contribution in [3.63, 3.8) is 0 Å². The second kappa shape index (κ2) is 10.1. The van der Waals surface area contributed by atoms with E-state index in [1.54, 1.807) is 20.8 Å². The van der Waals surface area contributed by atoms with Crippen LogP contribution in [0.25, 0.3) is 10.8 Å². The second-order valence-corrected chi connectivity index (χ2v) is 8.61. The average Bonchev–Trinajstić information content (AvgIpc) is 2.72. The SMILES string of the molecule is CC(C)(C)OC(=O)NC(Cc1ccc2ccccc2c1)C(=O)NCCc1ccccc1. The predicted octanol–water partition coefficient (Wildman–Crippen LogP) is 4.63. The molecule has 162 valence electrons. The van der Waals surface area contributed by atoms with Crippen molar-refractivity contribution in [2.45, 2.75) is 45.3 Å². The zero-order chi connectivity index (χ0) is 22.3. The second-order valence-electron chi connectivity index (χ2n) is 8.61. The lowest BCUT2D eigenvalue weighted by Crippen LogP contribution is -2.49. The fraction of sp³-hybridized carbons (Fsp3) is 0.308. The maximum atomic E-state index is 12.9. The van der Waals surface area contributed by atoms with E-state index in [4.69, 9.17) is 4.74 Å². The van der Waals surface area contributed by atoms with E-state index >= 15 is 0 Å². The molecule has 1 unspecified atom stereocenters. The summed E-state index contributed by atoms with van der Waals surface area (Å²) in [6, 6.07) is 23.4. The first-order valence-electron chi connectivity index (χ1n) is 10.6. The monoisotopic (exact) mass is 418 g/mol. The summed E-state index contributed by atoms with van der Waals surface area (Å²) in [5, 5.41) is 7.93. The Kier molecular flexibility index (Phi) is 7.29. The Hall–Kier alpha value is -3.34. The number of carbonyl (C=O) groups excluding carboxylic acids is 2. The Bertz CT molecular complexity index is 1030. The average molecular weight is 419 g/mol. The topological polar surface area (TPSA) is 67.4 Å². The molecule has 5 nitrogen and oxygen atoms in total. The molecule has 0 radical (unpaired) electrons. The van der Waals surface area contributed by atoms with Gasteiger partial charge in [-0.2, -0.15) is 0 Å². The van der Waals surface area contributed by atoms with Crippen LogP contribution < -0.4 is 10.6 Å². The van der Waals surface area contributed by atoms with Crippen molar-refractivity contribution in [3.05, 3.63) is 83.9 Å². The number of hydrogen-bond acceptors (Lipinski definition) is 3. The number of nitrogens with one attached hydrogen (secondary N) is 2. The number of rotatable bonds is 7. The van der Waals surface area contributed by atoms with Crippen LogP contribution in [0, 0.1) is 0 Å². The van der Waals surface area contributed by atoms with Crippen LogP contribution in [0.3, 0.4) is 0 Å². The summed E-state index contributed by atoms with van der Waals surface area (Å²) >= 11 is 0. The van der Waals surface area contributed by atoms with E-state index in [-0.39, 0.29) is 5.91 Å². The Morgan fingerprint density at radius 3 is 2.26 bits per heavy atom.